The van der Waals surface area contributed by atoms with Crippen molar-refractivity contribution in [3.63, 3.8) is 0 Å². The van der Waals surface area contributed by atoms with Gasteiger partial charge in [0.1, 0.15) is 5.39 Å². The molecule has 3 aromatic heterocycles. The highest BCUT2D eigenvalue weighted by molar-refractivity contribution is 6.39. The van der Waals surface area contributed by atoms with Gasteiger partial charge in [0, 0.05) is 44.1 Å². The van der Waals surface area contributed by atoms with E-state index in [4.69, 9.17) is 23.2 Å². The van der Waals surface area contributed by atoms with Crippen molar-refractivity contribution in [3.05, 3.63) is 73.9 Å². The van der Waals surface area contributed by atoms with Crippen molar-refractivity contribution in [1.82, 2.24) is 34.4 Å². The van der Waals surface area contributed by atoms with Crippen LogP contribution in [0.5, 0.6) is 0 Å². The van der Waals surface area contributed by atoms with Gasteiger partial charge in [0.2, 0.25) is 5.95 Å². The van der Waals surface area contributed by atoms with Crippen molar-refractivity contribution in [2.24, 2.45) is 0 Å². The molecule has 1 saturated heterocycles. The molecule has 0 unspecified atom stereocenters. The summed E-state index contributed by atoms with van der Waals surface area (Å²) in [6, 6.07) is 6.35. The molecule has 0 radical (unpaired) electrons. The Labute approximate surface area is 228 Å². The molecule has 4 aromatic rings. The van der Waals surface area contributed by atoms with Gasteiger partial charge in [-0.05, 0) is 32.0 Å². The van der Waals surface area contributed by atoms with E-state index in [0.717, 1.165) is 31.9 Å². The van der Waals surface area contributed by atoms with Crippen LogP contribution in [0.15, 0.2) is 52.7 Å². The molecule has 0 aliphatic carbocycles. The van der Waals surface area contributed by atoms with Crippen LogP contribution < -0.4 is 26.7 Å². The summed E-state index contributed by atoms with van der Waals surface area (Å²) >= 11 is 13.2. The molecule has 0 amide bonds. The minimum Gasteiger partial charge on any atom is -0.367 e. The summed E-state index contributed by atoms with van der Waals surface area (Å²) in [4.78, 5) is 36.6. The maximum Gasteiger partial charge on any atom is 0.278 e. The SMILES string of the molecule is C=CCn1c(=O)c2cnc(Nc3cc(Cl)c(N4CCNCC4)c(Cl)c3)nc2n1-c1ccc(=O)n(C(C)C)n1. The Balaban J connectivity index is 1.58. The van der Waals surface area contributed by atoms with E-state index in [1.807, 2.05) is 13.8 Å². The number of hydrogen-bond donors (Lipinski definition) is 2. The average Bonchev–Trinajstić information content (AvgIpc) is 3.15. The largest absolute Gasteiger partial charge is 0.367 e. The first-order valence-electron chi connectivity index (χ1n) is 12.2. The molecule has 2 N–H and O–H groups in total. The summed E-state index contributed by atoms with van der Waals surface area (Å²) < 4.78 is 4.37. The van der Waals surface area contributed by atoms with Gasteiger partial charge in [-0.15, -0.1) is 11.7 Å². The minimum absolute atomic E-state index is 0.172. The third kappa shape index (κ3) is 4.80. The topological polar surface area (TPSA) is 115 Å². The Morgan fingerprint density at radius 1 is 1.16 bits per heavy atom. The van der Waals surface area contributed by atoms with Crippen LogP contribution in [-0.2, 0) is 6.54 Å². The number of anilines is 3. The van der Waals surface area contributed by atoms with Crippen LogP contribution >= 0.6 is 23.2 Å². The monoisotopic (exact) mass is 555 g/mol. The van der Waals surface area contributed by atoms with E-state index in [1.165, 1.54) is 21.6 Å². The number of nitrogens with one attached hydrogen (secondary N) is 2. The summed E-state index contributed by atoms with van der Waals surface area (Å²) in [5.41, 5.74) is 1.17. The summed E-state index contributed by atoms with van der Waals surface area (Å²) in [6.07, 6.45) is 3.06. The molecular weight excluding hydrogens is 529 g/mol. The van der Waals surface area contributed by atoms with Crippen molar-refractivity contribution in [2.45, 2.75) is 26.4 Å². The zero-order chi connectivity index (χ0) is 27.0. The van der Waals surface area contributed by atoms with Gasteiger partial charge in [-0.3, -0.25) is 9.59 Å². The van der Waals surface area contributed by atoms with Gasteiger partial charge in [0.15, 0.2) is 11.5 Å². The Hall–Kier alpha value is -3.67. The second-order valence-electron chi connectivity index (χ2n) is 9.14. The van der Waals surface area contributed by atoms with Gasteiger partial charge in [-0.2, -0.15) is 4.98 Å². The first kappa shape index (κ1) is 26.0. The number of halogens is 2. The van der Waals surface area contributed by atoms with Crippen LogP contribution in [0.25, 0.3) is 16.9 Å². The lowest BCUT2D eigenvalue weighted by Gasteiger charge is -2.31. The number of aromatic nitrogens is 6. The highest BCUT2D eigenvalue weighted by Crippen LogP contribution is 2.37. The molecule has 1 aliphatic heterocycles. The van der Waals surface area contributed by atoms with Crippen LogP contribution in [0.4, 0.5) is 17.3 Å². The molecule has 0 spiro atoms. The molecule has 198 valence electrons. The van der Waals surface area contributed by atoms with E-state index in [-0.39, 0.29) is 29.7 Å². The predicted octanol–water partition coefficient (Wildman–Crippen LogP) is 3.37. The number of fused-ring (bicyclic) bond motifs is 1. The number of benzene rings is 1. The van der Waals surface area contributed by atoms with Crippen LogP contribution in [0.3, 0.4) is 0 Å². The van der Waals surface area contributed by atoms with Gasteiger partial charge in [-0.1, -0.05) is 29.3 Å². The summed E-state index contributed by atoms with van der Waals surface area (Å²) in [6.45, 7) is 11.0. The highest BCUT2D eigenvalue weighted by atomic mass is 35.5. The number of hydrogen-bond acceptors (Lipinski definition) is 8. The fourth-order valence-corrected chi connectivity index (χ4v) is 5.19. The molecule has 0 saturated carbocycles. The maximum absolute atomic E-state index is 13.2. The van der Waals surface area contributed by atoms with Crippen LogP contribution in [0.1, 0.15) is 19.9 Å². The van der Waals surface area contributed by atoms with Gasteiger partial charge in [-0.25, -0.2) is 19.0 Å². The predicted molar refractivity (Wildman–Crippen MR) is 151 cm³/mol. The molecule has 1 aliphatic rings. The second kappa shape index (κ2) is 10.6. The molecule has 5 rings (SSSR count). The van der Waals surface area contributed by atoms with Crippen molar-refractivity contribution in [3.8, 4) is 5.82 Å². The summed E-state index contributed by atoms with van der Waals surface area (Å²) in [5, 5.41) is 12.3. The first-order valence-corrected chi connectivity index (χ1v) is 13.0. The summed E-state index contributed by atoms with van der Waals surface area (Å²) in [5.74, 6) is 0.601. The van der Waals surface area contributed by atoms with E-state index in [1.54, 1.807) is 29.0 Å². The third-order valence-electron chi connectivity index (χ3n) is 6.20. The van der Waals surface area contributed by atoms with Crippen LogP contribution in [0.2, 0.25) is 10.0 Å². The second-order valence-corrected chi connectivity index (χ2v) is 9.95. The van der Waals surface area contributed by atoms with Crippen LogP contribution in [-0.4, -0.2) is 55.3 Å². The van der Waals surface area contributed by atoms with Crippen molar-refractivity contribution in [1.29, 1.82) is 0 Å². The quantitative estimate of drug-likeness (QED) is 0.333. The molecule has 38 heavy (non-hydrogen) atoms. The Morgan fingerprint density at radius 3 is 2.53 bits per heavy atom. The average molecular weight is 556 g/mol. The molecule has 0 bridgehead atoms. The number of allylic oxidation sites excluding steroid dienone is 1. The molecule has 11 nitrogen and oxygen atoms in total. The lowest BCUT2D eigenvalue weighted by molar-refractivity contribution is 0.486. The fraction of sp³-hybridized carbons (Fsp3) is 0.320. The minimum atomic E-state index is -0.304. The third-order valence-corrected chi connectivity index (χ3v) is 6.78. The molecule has 1 fully saturated rings. The lowest BCUT2D eigenvalue weighted by atomic mass is 10.2. The number of nitrogens with zero attached hydrogens (tertiary/aromatic N) is 7. The molecular formula is C25H27Cl2N9O2. The zero-order valence-corrected chi connectivity index (χ0v) is 22.5. The van der Waals surface area contributed by atoms with E-state index in [2.05, 4.69) is 37.2 Å². The van der Waals surface area contributed by atoms with Gasteiger partial charge >= 0.3 is 0 Å². The maximum atomic E-state index is 13.2. The molecule has 0 atom stereocenters. The smallest absolute Gasteiger partial charge is 0.278 e. The van der Waals surface area contributed by atoms with E-state index in [9.17, 15) is 9.59 Å². The number of rotatable bonds is 7. The standard InChI is InChI=1S/C25H27Cl2N9O2/c1-4-9-34-24(38)17-14-29-25(31-23(17)36(34)20-5-6-21(37)35(32-20)15(2)3)30-16-12-18(26)22(19(27)13-16)33-10-7-28-8-11-33/h4-6,12-15,28H,1,7-11H2,2-3H3,(H,29,30,31). The van der Waals surface area contributed by atoms with E-state index in [0.29, 0.717) is 32.6 Å². The van der Waals surface area contributed by atoms with Crippen LogP contribution in [0, 0.1) is 0 Å². The van der Waals surface area contributed by atoms with Gasteiger partial charge in [0.25, 0.3) is 11.1 Å². The fourth-order valence-electron chi connectivity index (χ4n) is 4.46. The Bertz CT molecular complexity index is 1610. The van der Waals surface area contributed by atoms with Gasteiger partial charge in [0.05, 0.1) is 28.3 Å². The van der Waals surface area contributed by atoms with E-state index >= 15 is 0 Å². The lowest BCUT2D eigenvalue weighted by Crippen LogP contribution is -2.43. The zero-order valence-electron chi connectivity index (χ0n) is 21.0. The van der Waals surface area contributed by atoms with Gasteiger partial charge < -0.3 is 15.5 Å². The molecule has 4 heterocycles. The number of piperazine rings is 1. The van der Waals surface area contributed by atoms with Crippen molar-refractivity contribution in [2.75, 3.05) is 36.4 Å². The summed E-state index contributed by atoms with van der Waals surface area (Å²) in [7, 11) is 0. The normalized spacial score (nSPS) is 13.9. The Kier molecular flexibility index (Phi) is 7.24. The van der Waals surface area contributed by atoms with E-state index < -0.39 is 0 Å². The molecule has 1 aromatic carbocycles. The Morgan fingerprint density at radius 2 is 1.87 bits per heavy atom. The van der Waals surface area contributed by atoms with Crippen molar-refractivity contribution < 1.29 is 0 Å². The van der Waals surface area contributed by atoms with Crippen molar-refractivity contribution >= 4 is 51.6 Å². The first-order chi connectivity index (χ1) is 18.3. The molecule has 13 heteroatoms. The highest BCUT2D eigenvalue weighted by Gasteiger charge is 2.21.